The maximum atomic E-state index is 11.4. The number of urea groups is 1. The molecule has 0 aromatic heterocycles. The molecule has 88 valence electrons. The summed E-state index contributed by atoms with van der Waals surface area (Å²) in [6, 6.07) is 0.0964. The predicted octanol–water partition coefficient (Wildman–Crippen LogP) is 2.35. The average molecular weight is 214 g/mol. The fraction of sp³-hybridized carbons (Fsp3) is 0.909. The van der Waals surface area contributed by atoms with Crippen LogP contribution in [-0.2, 0) is 4.84 Å². The number of nitrogens with one attached hydrogen (secondary N) is 2. The van der Waals surface area contributed by atoms with Gasteiger partial charge in [-0.2, -0.15) is 0 Å². The lowest BCUT2D eigenvalue weighted by Gasteiger charge is -2.24. The molecule has 0 spiro atoms. The van der Waals surface area contributed by atoms with Gasteiger partial charge in [-0.3, -0.25) is 4.84 Å². The summed E-state index contributed by atoms with van der Waals surface area (Å²) in [4.78, 5) is 16.6. The van der Waals surface area contributed by atoms with Crippen molar-refractivity contribution in [2.24, 2.45) is 0 Å². The first-order valence-corrected chi connectivity index (χ1v) is 5.72. The van der Waals surface area contributed by atoms with Crippen molar-refractivity contribution in [3.63, 3.8) is 0 Å². The first-order valence-electron chi connectivity index (χ1n) is 5.72. The van der Waals surface area contributed by atoms with Gasteiger partial charge in [-0.15, -0.1) is 0 Å². The van der Waals surface area contributed by atoms with Gasteiger partial charge >= 0.3 is 6.03 Å². The van der Waals surface area contributed by atoms with E-state index >= 15 is 0 Å². The Balaban J connectivity index is 2.17. The molecule has 1 fully saturated rings. The zero-order valence-corrected chi connectivity index (χ0v) is 9.93. The van der Waals surface area contributed by atoms with Crippen LogP contribution in [0.15, 0.2) is 0 Å². The topological polar surface area (TPSA) is 50.4 Å². The summed E-state index contributed by atoms with van der Waals surface area (Å²) in [6.07, 6.45) is 5.89. The second-order valence-electron chi connectivity index (χ2n) is 5.12. The van der Waals surface area contributed by atoms with Crippen LogP contribution in [0.1, 0.15) is 52.9 Å². The minimum atomic E-state index is -0.343. The Hall–Kier alpha value is -0.770. The zero-order valence-electron chi connectivity index (χ0n) is 9.93. The van der Waals surface area contributed by atoms with Gasteiger partial charge in [-0.05, 0) is 33.6 Å². The third-order valence-electron chi connectivity index (χ3n) is 2.39. The van der Waals surface area contributed by atoms with Crippen molar-refractivity contribution < 1.29 is 9.63 Å². The van der Waals surface area contributed by atoms with E-state index in [2.05, 4.69) is 10.8 Å². The molecule has 15 heavy (non-hydrogen) atoms. The van der Waals surface area contributed by atoms with E-state index in [1.165, 1.54) is 19.3 Å². The minimum Gasteiger partial charge on any atom is -0.334 e. The van der Waals surface area contributed by atoms with Crippen LogP contribution in [0, 0.1) is 0 Å². The van der Waals surface area contributed by atoms with Gasteiger partial charge in [0.15, 0.2) is 0 Å². The number of hydroxylamine groups is 1. The van der Waals surface area contributed by atoms with Crippen LogP contribution in [-0.4, -0.2) is 17.7 Å². The molecule has 0 aromatic rings. The highest BCUT2D eigenvalue weighted by Crippen LogP contribution is 2.17. The van der Waals surface area contributed by atoms with Gasteiger partial charge < -0.3 is 5.32 Å². The average Bonchev–Trinajstić information content (AvgIpc) is 2.15. The van der Waals surface area contributed by atoms with Crippen molar-refractivity contribution >= 4 is 6.03 Å². The Morgan fingerprint density at radius 1 is 1.20 bits per heavy atom. The highest BCUT2D eigenvalue weighted by molar-refractivity contribution is 5.73. The Bertz CT molecular complexity index is 205. The molecule has 0 atom stereocenters. The molecule has 0 bridgehead atoms. The van der Waals surface area contributed by atoms with Crippen LogP contribution in [0.25, 0.3) is 0 Å². The lowest BCUT2D eigenvalue weighted by atomic mass is 9.96. The highest BCUT2D eigenvalue weighted by Gasteiger charge is 2.17. The van der Waals surface area contributed by atoms with Crippen molar-refractivity contribution in [2.75, 3.05) is 0 Å². The molecule has 2 N–H and O–H groups in total. The lowest BCUT2D eigenvalue weighted by molar-refractivity contribution is -0.0533. The van der Waals surface area contributed by atoms with E-state index < -0.39 is 0 Å². The minimum absolute atomic E-state index is 0.225. The molecular weight excluding hydrogens is 192 g/mol. The SMILES string of the molecule is CC(C)(C)ONC(=O)NC1CCCCC1. The quantitative estimate of drug-likeness (QED) is 0.693. The van der Waals surface area contributed by atoms with Crippen LogP contribution >= 0.6 is 0 Å². The van der Waals surface area contributed by atoms with Crippen molar-refractivity contribution in [3.8, 4) is 0 Å². The fourth-order valence-corrected chi connectivity index (χ4v) is 1.66. The molecule has 0 radical (unpaired) electrons. The van der Waals surface area contributed by atoms with Gasteiger partial charge in [0, 0.05) is 6.04 Å². The number of hydrogen-bond donors (Lipinski definition) is 2. The van der Waals surface area contributed by atoms with Gasteiger partial charge in [-0.1, -0.05) is 19.3 Å². The Labute approximate surface area is 91.7 Å². The van der Waals surface area contributed by atoms with E-state index in [1.54, 1.807) is 0 Å². The highest BCUT2D eigenvalue weighted by atomic mass is 16.7. The van der Waals surface area contributed by atoms with Crippen molar-refractivity contribution in [1.29, 1.82) is 0 Å². The van der Waals surface area contributed by atoms with E-state index in [0.717, 1.165) is 12.8 Å². The zero-order chi connectivity index (χ0) is 11.3. The number of carbonyl (C=O) groups is 1. The third-order valence-corrected chi connectivity index (χ3v) is 2.39. The van der Waals surface area contributed by atoms with Crippen molar-refractivity contribution in [3.05, 3.63) is 0 Å². The maximum absolute atomic E-state index is 11.4. The molecule has 1 aliphatic carbocycles. The second-order valence-corrected chi connectivity index (χ2v) is 5.12. The Morgan fingerprint density at radius 3 is 2.33 bits per heavy atom. The van der Waals surface area contributed by atoms with Crippen LogP contribution in [0.3, 0.4) is 0 Å². The van der Waals surface area contributed by atoms with Crippen LogP contribution in [0.4, 0.5) is 4.79 Å². The molecule has 4 heteroatoms. The molecule has 0 heterocycles. The summed E-state index contributed by atoms with van der Waals surface area (Å²) in [7, 11) is 0. The second kappa shape index (κ2) is 5.35. The van der Waals surface area contributed by atoms with Crippen molar-refractivity contribution in [1.82, 2.24) is 10.8 Å². The largest absolute Gasteiger partial charge is 0.338 e. The predicted molar refractivity (Wildman–Crippen MR) is 59.4 cm³/mol. The summed E-state index contributed by atoms with van der Waals surface area (Å²) in [5, 5.41) is 2.92. The number of amides is 2. The van der Waals surface area contributed by atoms with E-state index in [1.807, 2.05) is 20.8 Å². The monoisotopic (exact) mass is 214 g/mol. The number of carbonyl (C=O) groups excluding carboxylic acids is 1. The summed E-state index contributed by atoms with van der Waals surface area (Å²) in [5.74, 6) is 0. The first kappa shape index (κ1) is 12.3. The van der Waals surface area contributed by atoms with Crippen LogP contribution in [0.5, 0.6) is 0 Å². The summed E-state index contributed by atoms with van der Waals surface area (Å²) in [5.41, 5.74) is 2.08. The smallest absolute Gasteiger partial charge is 0.334 e. The Morgan fingerprint density at radius 2 is 1.80 bits per heavy atom. The summed E-state index contributed by atoms with van der Waals surface area (Å²) in [6.45, 7) is 5.69. The molecule has 1 aliphatic rings. The van der Waals surface area contributed by atoms with E-state index in [0.29, 0.717) is 6.04 Å². The van der Waals surface area contributed by atoms with Gasteiger partial charge in [0.25, 0.3) is 0 Å². The first-order chi connectivity index (χ1) is 6.97. The molecule has 2 amide bonds. The van der Waals surface area contributed by atoms with Crippen molar-refractivity contribution in [2.45, 2.75) is 64.5 Å². The molecule has 1 rings (SSSR count). The lowest BCUT2D eigenvalue weighted by Crippen LogP contribution is -2.45. The maximum Gasteiger partial charge on any atom is 0.338 e. The molecule has 0 aliphatic heterocycles. The van der Waals surface area contributed by atoms with E-state index in [4.69, 9.17) is 4.84 Å². The third kappa shape index (κ3) is 5.62. The fourth-order valence-electron chi connectivity index (χ4n) is 1.66. The van der Waals surface area contributed by atoms with E-state index in [-0.39, 0.29) is 11.6 Å². The van der Waals surface area contributed by atoms with Gasteiger partial charge in [0.05, 0.1) is 5.60 Å². The molecule has 0 unspecified atom stereocenters. The normalized spacial score (nSPS) is 18.6. The van der Waals surface area contributed by atoms with Crippen LogP contribution in [0.2, 0.25) is 0 Å². The van der Waals surface area contributed by atoms with Gasteiger partial charge in [0.1, 0.15) is 0 Å². The molecule has 1 saturated carbocycles. The van der Waals surface area contributed by atoms with Gasteiger partial charge in [0.2, 0.25) is 0 Å². The van der Waals surface area contributed by atoms with E-state index in [9.17, 15) is 4.79 Å². The number of hydrogen-bond acceptors (Lipinski definition) is 2. The molecule has 0 aromatic carbocycles. The number of rotatable bonds is 2. The van der Waals surface area contributed by atoms with Gasteiger partial charge in [-0.25, -0.2) is 10.3 Å². The Kier molecular flexibility index (Phi) is 4.39. The molecular formula is C11H22N2O2. The summed E-state index contributed by atoms with van der Waals surface area (Å²) < 4.78 is 0. The van der Waals surface area contributed by atoms with Crippen LogP contribution < -0.4 is 10.8 Å². The molecule has 4 nitrogen and oxygen atoms in total. The molecule has 0 saturated heterocycles. The summed E-state index contributed by atoms with van der Waals surface area (Å²) >= 11 is 0. The standard InChI is InChI=1S/C11H22N2O2/c1-11(2,3)15-13-10(14)12-9-7-5-4-6-8-9/h9H,4-8H2,1-3H3,(H2,12,13,14).